The summed E-state index contributed by atoms with van der Waals surface area (Å²) in [5, 5.41) is 0.257. The zero-order chi connectivity index (χ0) is 7.78. The van der Waals surface area contributed by atoms with Crippen molar-refractivity contribution in [1.82, 2.24) is 4.98 Å². The van der Waals surface area contributed by atoms with Crippen molar-refractivity contribution in [1.29, 1.82) is 0 Å². The summed E-state index contributed by atoms with van der Waals surface area (Å²) in [5.41, 5.74) is 5.16. The molecule has 0 saturated carbocycles. The zero-order valence-electron chi connectivity index (χ0n) is 4.68. The standard InChI is InChI=1S/C3H4N2O3S2/c4-2-1-5-3(9-2)10(6,7)8/h1H,4H2,(H,6,7,8). The van der Waals surface area contributed by atoms with Gasteiger partial charge in [0.25, 0.3) is 0 Å². The maximum absolute atomic E-state index is 10.3. The number of anilines is 1. The van der Waals surface area contributed by atoms with Crippen LogP contribution in [-0.2, 0) is 10.1 Å². The molecule has 7 heteroatoms. The molecule has 0 aromatic carbocycles. The number of hydrogen-bond acceptors (Lipinski definition) is 5. The van der Waals surface area contributed by atoms with Gasteiger partial charge in [0.15, 0.2) is 0 Å². The third-order valence-electron chi connectivity index (χ3n) is 0.723. The van der Waals surface area contributed by atoms with E-state index in [1.54, 1.807) is 0 Å². The summed E-state index contributed by atoms with van der Waals surface area (Å²) in [6.45, 7) is 0. The average Bonchev–Trinajstić information content (AvgIpc) is 2.11. The molecular weight excluding hydrogens is 176 g/mol. The van der Waals surface area contributed by atoms with E-state index in [0.717, 1.165) is 11.3 Å². The molecule has 5 nitrogen and oxygen atoms in total. The van der Waals surface area contributed by atoms with Gasteiger partial charge in [-0.05, 0) is 0 Å². The predicted molar refractivity (Wildman–Crippen MR) is 36.3 cm³/mol. The molecule has 0 amide bonds. The van der Waals surface area contributed by atoms with Crippen molar-refractivity contribution in [2.24, 2.45) is 0 Å². The third-order valence-corrected chi connectivity index (χ3v) is 2.77. The minimum atomic E-state index is -4.15. The van der Waals surface area contributed by atoms with Crippen molar-refractivity contribution in [3.8, 4) is 0 Å². The number of rotatable bonds is 1. The van der Waals surface area contributed by atoms with Gasteiger partial charge < -0.3 is 5.73 Å². The molecule has 0 unspecified atom stereocenters. The van der Waals surface area contributed by atoms with Crippen LogP contribution >= 0.6 is 11.3 Å². The van der Waals surface area contributed by atoms with E-state index >= 15 is 0 Å². The number of aromatic nitrogens is 1. The Morgan fingerprint density at radius 3 is 2.50 bits per heavy atom. The van der Waals surface area contributed by atoms with E-state index in [-0.39, 0.29) is 9.34 Å². The SMILES string of the molecule is Nc1cnc(S(=O)(=O)O)s1. The van der Waals surface area contributed by atoms with Gasteiger partial charge in [-0.25, -0.2) is 4.98 Å². The molecule has 0 bridgehead atoms. The first-order chi connectivity index (χ1) is 4.50. The summed E-state index contributed by atoms with van der Waals surface area (Å²) >= 11 is 0.723. The fourth-order valence-corrected chi connectivity index (χ4v) is 1.70. The second-order valence-electron chi connectivity index (χ2n) is 1.50. The van der Waals surface area contributed by atoms with Gasteiger partial charge in [-0.3, -0.25) is 4.55 Å². The monoisotopic (exact) mass is 180 g/mol. The quantitative estimate of drug-likeness (QED) is 0.592. The molecule has 1 rings (SSSR count). The zero-order valence-corrected chi connectivity index (χ0v) is 6.32. The Labute approximate surface area is 61.3 Å². The van der Waals surface area contributed by atoms with Crippen LogP contribution in [0.2, 0.25) is 0 Å². The van der Waals surface area contributed by atoms with Crippen molar-refractivity contribution in [2.75, 3.05) is 5.73 Å². The van der Waals surface area contributed by atoms with Crippen LogP contribution in [-0.4, -0.2) is 18.0 Å². The van der Waals surface area contributed by atoms with Gasteiger partial charge in [0.1, 0.15) is 5.00 Å². The molecule has 56 valence electrons. The number of nitrogens with zero attached hydrogens (tertiary/aromatic N) is 1. The van der Waals surface area contributed by atoms with Gasteiger partial charge in [0.2, 0.25) is 4.34 Å². The Morgan fingerprint density at radius 2 is 2.30 bits per heavy atom. The molecule has 1 aromatic heterocycles. The molecule has 0 radical (unpaired) electrons. The minimum Gasteiger partial charge on any atom is -0.389 e. The van der Waals surface area contributed by atoms with Crippen LogP contribution in [0.15, 0.2) is 10.5 Å². The first kappa shape index (κ1) is 7.45. The van der Waals surface area contributed by atoms with Crippen LogP contribution in [0.3, 0.4) is 0 Å². The van der Waals surface area contributed by atoms with Crippen LogP contribution in [0.25, 0.3) is 0 Å². The maximum Gasteiger partial charge on any atom is 0.322 e. The Hall–Kier alpha value is -0.660. The van der Waals surface area contributed by atoms with E-state index in [2.05, 4.69) is 4.98 Å². The summed E-state index contributed by atoms with van der Waals surface area (Å²) in [6, 6.07) is 0. The van der Waals surface area contributed by atoms with Crippen LogP contribution < -0.4 is 5.73 Å². The number of hydrogen-bond donors (Lipinski definition) is 2. The van der Waals surface area contributed by atoms with Gasteiger partial charge in [-0.1, -0.05) is 11.3 Å². The summed E-state index contributed by atoms with van der Waals surface area (Å²) in [5.74, 6) is 0. The van der Waals surface area contributed by atoms with Crippen molar-refractivity contribution >= 4 is 26.5 Å². The molecule has 0 aliphatic rings. The van der Waals surface area contributed by atoms with Crippen molar-refractivity contribution in [3.63, 3.8) is 0 Å². The minimum absolute atomic E-state index is 0.257. The van der Waals surface area contributed by atoms with E-state index in [9.17, 15) is 8.42 Å². The molecule has 1 heterocycles. The van der Waals surface area contributed by atoms with Gasteiger partial charge in [-0.15, -0.1) is 0 Å². The van der Waals surface area contributed by atoms with E-state index < -0.39 is 10.1 Å². The van der Waals surface area contributed by atoms with Crippen molar-refractivity contribution in [2.45, 2.75) is 4.34 Å². The van der Waals surface area contributed by atoms with E-state index in [0.29, 0.717) is 0 Å². The molecule has 10 heavy (non-hydrogen) atoms. The van der Waals surface area contributed by atoms with Crippen LogP contribution in [0.5, 0.6) is 0 Å². The number of nitrogens with two attached hydrogens (primary N) is 1. The van der Waals surface area contributed by atoms with Crippen LogP contribution in [0.1, 0.15) is 0 Å². The second-order valence-corrected chi connectivity index (χ2v) is 4.16. The molecule has 0 saturated heterocycles. The smallest absolute Gasteiger partial charge is 0.322 e. The first-order valence-corrected chi connectivity index (χ1v) is 4.44. The highest BCUT2D eigenvalue weighted by molar-refractivity contribution is 7.88. The van der Waals surface area contributed by atoms with Gasteiger partial charge >= 0.3 is 10.1 Å². The fourth-order valence-electron chi connectivity index (χ4n) is 0.389. The van der Waals surface area contributed by atoms with E-state index in [1.165, 1.54) is 6.20 Å². The predicted octanol–water partition coefficient (Wildman–Crippen LogP) is -0.0280. The summed E-state index contributed by atoms with van der Waals surface area (Å²) in [7, 11) is -4.15. The Morgan fingerprint density at radius 1 is 1.70 bits per heavy atom. The highest BCUT2D eigenvalue weighted by Gasteiger charge is 2.13. The summed E-state index contributed by atoms with van der Waals surface area (Å²) < 4.78 is 28.6. The molecular formula is C3H4N2O3S2. The summed E-state index contributed by atoms with van der Waals surface area (Å²) in [4.78, 5) is 3.34. The van der Waals surface area contributed by atoms with E-state index in [4.69, 9.17) is 10.3 Å². The molecule has 0 fully saturated rings. The van der Waals surface area contributed by atoms with Crippen LogP contribution in [0.4, 0.5) is 5.00 Å². The average molecular weight is 180 g/mol. The van der Waals surface area contributed by atoms with Crippen molar-refractivity contribution in [3.05, 3.63) is 6.20 Å². The lowest BCUT2D eigenvalue weighted by Crippen LogP contribution is -1.95. The normalized spacial score (nSPS) is 11.7. The number of nitrogen functional groups attached to an aromatic ring is 1. The third kappa shape index (κ3) is 1.43. The Bertz CT molecular complexity index is 327. The van der Waals surface area contributed by atoms with Crippen molar-refractivity contribution < 1.29 is 13.0 Å². The molecule has 3 N–H and O–H groups in total. The Balaban J connectivity index is 3.21. The highest BCUT2D eigenvalue weighted by Crippen LogP contribution is 2.18. The van der Waals surface area contributed by atoms with Gasteiger partial charge in [0, 0.05) is 0 Å². The molecule has 0 aliphatic heterocycles. The molecule has 0 spiro atoms. The topological polar surface area (TPSA) is 93.3 Å². The van der Waals surface area contributed by atoms with Gasteiger partial charge in [-0.2, -0.15) is 8.42 Å². The first-order valence-electron chi connectivity index (χ1n) is 2.19. The highest BCUT2D eigenvalue weighted by atomic mass is 32.3. The Kier molecular flexibility index (Phi) is 1.63. The largest absolute Gasteiger partial charge is 0.389 e. The molecule has 0 aliphatic carbocycles. The van der Waals surface area contributed by atoms with E-state index in [1.807, 2.05) is 0 Å². The summed E-state index contributed by atoms with van der Waals surface area (Å²) in [6.07, 6.45) is 1.17. The lowest BCUT2D eigenvalue weighted by Gasteiger charge is -1.83. The maximum atomic E-state index is 10.3. The van der Waals surface area contributed by atoms with Crippen LogP contribution in [0, 0.1) is 0 Å². The molecule has 1 aromatic rings. The second kappa shape index (κ2) is 2.19. The lowest BCUT2D eigenvalue weighted by atomic mass is 10.9. The molecule has 0 atom stereocenters. The lowest BCUT2D eigenvalue weighted by molar-refractivity contribution is 0.482. The number of thiazole rings is 1. The van der Waals surface area contributed by atoms with Gasteiger partial charge in [0.05, 0.1) is 6.20 Å². The fraction of sp³-hybridized carbons (Fsp3) is 0.